The van der Waals surface area contributed by atoms with Crippen LogP contribution in [0.15, 0.2) is 52.8 Å². The predicted octanol–water partition coefficient (Wildman–Crippen LogP) is 4.89. The van der Waals surface area contributed by atoms with E-state index in [1.54, 1.807) is 0 Å². The van der Waals surface area contributed by atoms with Crippen LogP contribution in [0.3, 0.4) is 0 Å². The van der Waals surface area contributed by atoms with Gasteiger partial charge in [-0.05, 0) is 48.7 Å². The van der Waals surface area contributed by atoms with Gasteiger partial charge in [0.25, 0.3) is 0 Å². The number of nitriles is 1. The van der Waals surface area contributed by atoms with Crippen molar-refractivity contribution in [2.24, 2.45) is 34.0 Å². The van der Waals surface area contributed by atoms with Gasteiger partial charge in [0.05, 0.1) is 24.0 Å². The average Bonchev–Trinajstić information content (AvgIpc) is 3.18. The molecule has 0 aromatic heterocycles. The van der Waals surface area contributed by atoms with Gasteiger partial charge in [-0.2, -0.15) is 5.26 Å². The van der Waals surface area contributed by atoms with E-state index in [0.717, 1.165) is 30.4 Å². The van der Waals surface area contributed by atoms with Crippen molar-refractivity contribution in [3.63, 3.8) is 0 Å². The minimum Gasteiger partial charge on any atom is -0.395 e. The molecule has 4 aliphatic rings. The molecule has 1 N–H and O–H groups in total. The minimum atomic E-state index is -2.19. The molecule has 2 fully saturated rings. The first kappa shape index (κ1) is 24.4. The Balaban J connectivity index is 1.68. The Morgan fingerprint density at radius 3 is 2.43 bits per heavy atom. The maximum Gasteiger partial charge on any atom is 0.164 e. The third-order valence-corrected chi connectivity index (χ3v) is 14.5. The highest BCUT2D eigenvalue weighted by molar-refractivity contribution is 6.96. The van der Waals surface area contributed by atoms with E-state index in [4.69, 9.17) is 0 Å². The summed E-state index contributed by atoms with van der Waals surface area (Å²) in [6.45, 7) is 10.9. The molecule has 0 bridgehead atoms. The van der Waals surface area contributed by atoms with Crippen molar-refractivity contribution < 1.29 is 14.7 Å². The first-order valence-corrected chi connectivity index (χ1v) is 16.1. The van der Waals surface area contributed by atoms with Gasteiger partial charge in [0.15, 0.2) is 11.6 Å². The van der Waals surface area contributed by atoms with E-state index >= 15 is 0 Å². The fourth-order valence-electron chi connectivity index (χ4n) is 8.65. The number of nitrogens with zero attached hydrogens (tertiary/aromatic N) is 1. The van der Waals surface area contributed by atoms with Gasteiger partial charge in [0, 0.05) is 17.8 Å². The quantitative estimate of drug-likeness (QED) is 0.616. The lowest BCUT2D eigenvalue weighted by molar-refractivity contribution is -0.149. The van der Waals surface area contributed by atoms with Crippen LogP contribution in [0.2, 0.25) is 13.1 Å². The van der Waals surface area contributed by atoms with Crippen molar-refractivity contribution in [2.45, 2.75) is 66.0 Å². The van der Waals surface area contributed by atoms with Crippen LogP contribution >= 0.6 is 0 Å². The van der Waals surface area contributed by atoms with Gasteiger partial charge >= 0.3 is 0 Å². The Labute approximate surface area is 210 Å². The SMILES string of the molecule is CC1(C)C([Si](C)(C)c2ccccc2)=CC(=O)[C@@]2(CO)[C@@H]1CC(=O)C1=C3CC[C@H](C#N)[C@@]3(C)CC[C@@H]12. The van der Waals surface area contributed by atoms with E-state index in [1.165, 1.54) is 10.4 Å². The summed E-state index contributed by atoms with van der Waals surface area (Å²) in [5, 5.41) is 23.2. The van der Waals surface area contributed by atoms with Gasteiger partial charge in [-0.1, -0.05) is 80.2 Å². The zero-order valence-electron chi connectivity index (χ0n) is 21.6. The third-order valence-electron chi connectivity index (χ3n) is 10.6. The van der Waals surface area contributed by atoms with Gasteiger partial charge in [-0.25, -0.2) is 0 Å². The molecule has 2 saturated carbocycles. The lowest BCUT2D eigenvalue weighted by Gasteiger charge is -2.60. The topological polar surface area (TPSA) is 78.2 Å². The minimum absolute atomic E-state index is 0.00450. The molecule has 1 aromatic rings. The number of Topliss-reactive ketones (excluding diaryl/α,β-unsaturated/α-hetero) is 1. The summed E-state index contributed by atoms with van der Waals surface area (Å²) >= 11 is 0. The van der Waals surface area contributed by atoms with E-state index in [1.807, 2.05) is 12.1 Å². The summed E-state index contributed by atoms with van der Waals surface area (Å²) < 4.78 is 0. The second-order valence-corrected chi connectivity index (χ2v) is 17.0. The summed E-state index contributed by atoms with van der Waals surface area (Å²) in [7, 11) is -2.19. The largest absolute Gasteiger partial charge is 0.395 e. The molecule has 5 rings (SSSR count). The van der Waals surface area contributed by atoms with Gasteiger partial charge in [0.2, 0.25) is 0 Å². The van der Waals surface area contributed by atoms with E-state index in [9.17, 15) is 20.0 Å². The number of fused-ring (bicyclic) bond motifs is 4. The highest BCUT2D eigenvalue weighted by Crippen LogP contribution is 2.66. The molecule has 0 radical (unpaired) electrons. The molecule has 4 aliphatic carbocycles. The number of carbonyl (C=O) groups is 2. The summed E-state index contributed by atoms with van der Waals surface area (Å²) in [5.41, 5.74) is 0.269. The maximum absolute atomic E-state index is 14.2. The standard InChI is InChI=1S/C30H37NO3Si/c1-28(2)24-15-23(33)27-21-12-11-19(17-31)29(21,3)14-13-22(27)30(24,18-32)25(34)16-26(28)35(4,5)20-9-7-6-8-10-20/h6-10,16,19,22,24,32H,11-15,18H2,1-5H3/t19-,22+,24-,29-,30-/m1/s1. The second kappa shape index (κ2) is 7.85. The van der Waals surface area contributed by atoms with Crippen LogP contribution < -0.4 is 5.19 Å². The van der Waals surface area contributed by atoms with Crippen molar-refractivity contribution in [3.05, 3.63) is 52.8 Å². The maximum atomic E-state index is 14.2. The number of aliphatic hydroxyl groups excluding tert-OH is 1. The number of hydrogen-bond donors (Lipinski definition) is 1. The van der Waals surface area contributed by atoms with E-state index < -0.39 is 13.5 Å². The van der Waals surface area contributed by atoms with Crippen LogP contribution in [-0.2, 0) is 9.59 Å². The normalized spacial score (nSPS) is 36.1. The fourth-order valence-corrected chi connectivity index (χ4v) is 12.3. The van der Waals surface area contributed by atoms with Crippen molar-refractivity contribution in [3.8, 4) is 6.07 Å². The smallest absolute Gasteiger partial charge is 0.164 e. The van der Waals surface area contributed by atoms with Gasteiger partial charge in [0.1, 0.15) is 8.07 Å². The lowest BCUT2D eigenvalue weighted by atomic mass is 9.45. The molecule has 5 atom stereocenters. The molecular weight excluding hydrogens is 450 g/mol. The molecule has 1 aromatic carbocycles. The first-order chi connectivity index (χ1) is 16.5. The van der Waals surface area contributed by atoms with Gasteiger partial charge in [-0.3, -0.25) is 9.59 Å². The number of aliphatic hydroxyl groups is 1. The fraction of sp³-hybridized carbons (Fsp3) is 0.567. The monoisotopic (exact) mass is 487 g/mol. The van der Waals surface area contributed by atoms with Crippen LogP contribution in [0.25, 0.3) is 0 Å². The van der Waals surface area contributed by atoms with Crippen molar-refractivity contribution >= 4 is 24.8 Å². The van der Waals surface area contributed by atoms with E-state index in [0.29, 0.717) is 12.8 Å². The molecule has 0 aliphatic heterocycles. The molecule has 0 spiro atoms. The van der Waals surface area contributed by atoms with Gasteiger partial charge < -0.3 is 5.11 Å². The second-order valence-electron chi connectivity index (χ2n) is 12.6. The number of hydrogen-bond acceptors (Lipinski definition) is 4. The zero-order valence-corrected chi connectivity index (χ0v) is 22.6. The molecular formula is C30H37NO3Si. The number of rotatable bonds is 3. The molecule has 0 amide bonds. The Hall–Kier alpha value is -2.29. The van der Waals surface area contributed by atoms with Crippen LogP contribution in [0, 0.1) is 45.3 Å². The van der Waals surface area contributed by atoms with Gasteiger partial charge in [-0.15, -0.1) is 0 Å². The Morgan fingerprint density at radius 1 is 1.11 bits per heavy atom. The molecule has 5 heteroatoms. The average molecular weight is 488 g/mol. The molecule has 35 heavy (non-hydrogen) atoms. The predicted molar refractivity (Wildman–Crippen MR) is 139 cm³/mol. The summed E-state index contributed by atoms with van der Waals surface area (Å²) in [6, 6.07) is 12.9. The van der Waals surface area contributed by atoms with Crippen LogP contribution in [-0.4, -0.2) is 31.4 Å². The Kier molecular flexibility index (Phi) is 5.47. The summed E-state index contributed by atoms with van der Waals surface area (Å²) in [5.74, 6) is -0.424. The van der Waals surface area contributed by atoms with Crippen molar-refractivity contribution in [1.29, 1.82) is 5.26 Å². The lowest BCUT2D eigenvalue weighted by Crippen LogP contribution is -2.63. The summed E-state index contributed by atoms with van der Waals surface area (Å²) in [6.07, 6.45) is 5.18. The van der Waals surface area contributed by atoms with Crippen LogP contribution in [0.5, 0.6) is 0 Å². The highest BCUT2D eigenvalue weighted by atomic mass is 28.3. The van der Waals surface area contributed by atoms with Crippen molar-refractivity contribution in [2.75, 3.05) is 6.61 Å². The highest BCUT2D eigenvalue weighted by Gasteiger charge is 2.66. The molecule has 0 saturated heterocycles. The zero-order chi connectivity index (χ0) is 25.4. The van der Waals surface area contributed by atoms with E-state index in [2.05, 4.69) is 64.2 Å². The van der Waals surface area contributed by atoms with E-state index in [-0.39, 0.29) is 46.8 Å². The molecule has 4 nitrogen and oxygen atoms in total. The number of carbonyl (C=O) groups excluding carboxylic acids is 2. The number of ketones is 2. The summed E-state index contributed by atoms with van der Waals surface area (Å²) in [4.78, 5) is 28.1. The number of allylic oxidation sites excluding steroid dienone is 4. The molecule has 0 heterocycles. The Morgan fingerprint density at radius 2 is 1.80 bits per heavy atom. The Bertz CT molecular complexity index is 1200. The number of benzene rings is 1. The van der Waals surface area contributed by atoms with Crippen LogP contribution in [0.4, 0.5) is 0 Å². The first-order valence-electron chi connectivity index (χ1n) is 13.1. The third kappa shape index (κ3) is 3.05. The van der Waals surface area contributed by atoms with Crippen LogP contribution in [0.1, 0.15) is 52.9 Å². The van der Waals surface area contributed by atoms with Crippen molar-refractivity contribution in [1.82, 2.24) is 0 Å². The molecule has 0 unspecified atom stereocenters. The molecule has 184 valence electrons.